The smallest absolute Gasteiger partial charge is 0.216 e. The highest BCUT2D eigenvalue weighted by Gasteiger charge is 2.27. The van der Waals surface area contributed by atoms with Crippen LogP contribution in [0.4, 0.5) is 0 Å². The number of pyridine rings is 1. The molecule has 0 spiro atoms. The molecule has 1 aromatic carbocycles. The van der Waals surface area contributed by atoms with Crippen molar-refractivity contribution in [3.05, 3.63) is 47.8 Å². The van der Waals surface area contributed by atoms with Crippen LogP contribution in [0.2, 0.25) is 0 Å². The molecule has 0 bridgehead atoms. The zero-order valence-corrected chi connectivity index (χ0v) is 19.0. The predicted molar refractivity (Wildman–Crippen MR) is 123 cm³/mol. The first-order valence-corrected chi connectivity index (χ1v) is 11.1. The Labute approximate surface area is 188 Å². The molecule has 1 N–H and O–H groups in total. The molecule has 0 saturated carbocycles. The van der Waals surface area contributed by atoms with Crippen LogP contribution in [0.3, 0.4) is 0 Å². The number of hydrogen-bond donors (Lipinski definition) is 1. The molecule has 0 aliphatic carbocycles. The van der Waals surface area contributed by atoms with Crippen molar-refractivity contribution in [2.75, 3.05) is 33.9 Å². The van der Waals surface area contributed by atoms with Crippen LogP contribution in [0.1, 0.15) is 36.9 Å². The minimum Gasteiger partial charge on any atom is -0.493 e. The van der Waals surface area contributed by atoms with E-state index in [1.807, 2.05) is 22.9 Å². The van der Waals surface area contributed by atoms with Crippen molar-refractivity contribution in [2.45, 2.75) is 38.8 Å². The first-order chi connectivity index (χ1) is 15.6. The van der Waals surface area contributed by atoms with E-state index in [2.05, 4.69) is 27.3 Å². The van der Waals surface area contributed by atoms with Crippen LogP contribution in [-0.2, 0) is 17.9 Å². The van der Waals surface area contributed by atoms with Crippen LogP contribution in [0.5, 0.6) is 11.5 Å². The number of methoxy groups -OCH3 is 2. The number of carbonyl (C=O) groups excluding carboxylic acids is 1. The molecule has 1 fully saturated rings. The largest absolute Gasteiger partial charge is 0.493 e. The lowest BCUT2D eigenvalue weighted by Crippen LogP contribution is -2.34. The molecule has 1 amide bonds. The molecule has 1 aliphatic rings. The number of amides is 1. The SMILES string of the molecule is COc1cccc(CN2CCCC(c3nn(CCNC(C)=O)c4ncccc34)C2)c1OC. The fraction of sp³-hybridized carbons (Fsp3) is 0.458. The molecule has 32 heavy (non-hydrogen) atoms. The van der Waals surface area contributed by atoms with Crippen LogP contribution in [0.15, 0.2) is 36.5 Å². The molecule has 1 unspecified atom stereocenters. The molecule has 2 aromatic heterocycles. The van der Waals surface area contributed by atoms with Gasteiger partial charge in [-0.1, -0.05) is 12.1 Å². The number of fused-ring (bicyclic) bond motifs is 1. The first-order valence-electron chi connectivity index (χ1n) is 11.1. The Hall–Kier alpha value is -3.13. The number of carbonyl (C=O) groups is 1. The van der Waals surface area contributed by atoms with Gasteiger partial charge >= 0.3 is 0 Å². The van der Waals surface area contributed by atoms with Crippen molar-refractivity contribution in [1.29, 1.82) is 0 Å². The van der Waals surface area contributed by atoms with Gasteiger partial charge in [0.05, 0.1) is 26.5 Å². The maximum Gasteiger partial charge on any atom is 0.216 e. The van der Waals surface area contributed by atoms with E-state index in [0.29, 0.717) is 19.0 Å². The average molecular weight is 438 g/mol. The van der Waals surface area contributed by atoms with Gasteiger partial charge in [-0.3, -0.25) is 9.69 Å². The van der Waals surface area contributed by atoms with Gasteiger partial charge in [-0.25, -0.2) is 9.67 Å². The molecule has 170 valence electrons. The van der Waals surface area contributed by atoms with Crippen LogP contribution < -0.4 is 14.8 Å². The lowest BCUT2D eigenvalue weighted by molar-refractivity contribution is -0.118. The molecule has 8 heteroatoms. The fourth-order valence-corrected chi connectivity index (χ4v) is 4.57. The number of hydrogen-bond acceptors (Lipinski definition) is 6. The highest BCUT2D eigenvalue weighted by Crippen LogP contribution is 2.35. The van der Waals surface area contributed by atoms with Crippen molar-refractivity contribution < 1.29 is 14.3 Å². The second kappa shape index (κ2) is 9.99. The standard InChI is InChI=1S/C24H31N5O3/c1-17(30)25-12-14-29-24-20(9-5-11-26-24)22(27-29)18-8-6-13-28(15-18)16-19-7-4-10-21(31-2)23(19)32-3/h4-5,7,9-11,18H,6,8,12-16H2,1-3H3,(H,25,30). The van der Waals surface area contributed by atoms with Crippen molar-refractivity contribution in [3.8, 4) is 11.5 Å². The number of ether oxygens (including phenoxy) is 2. The highest BCUT2D eigenvalue weighted by molar-refractivity contribution is 5.79. The van der Waals surface area contributed by atoms with Crippen molar-refractivity contribution in [3.63, 3.8) is 0 Å². The molecule has 3 heterocycles. The number of benzene rings is 1. The Kier molecular flexibility index (Phi) is 6.90. The predicted octanol–water partition coefficient (Wildman–Crippen LogP) is 2.96. The van der Waals surface area contributed by atoms with Crippen LogP contribution in [0.25, 0.3) is 11.0 Å². The number of rotatable bonds is 8. The summed E-state index contributed by atoms with van der Waals surface area (Å²) in [6.45, 7) is 5.43. The van der Waals surface area contributed by atoms with E-state index in [4.69, 9.17) is 14.6 Å². The Morgan fingerprint density at radius 3 is 2.88 bits per heavy atom. The van der Waals surface area contributed by atoms with E-state index in [9.17, 15) is 4.79 Å². The molecular weight excluding hydrogens is 406 g/mol. The summed E-state index contributed by atoms with van der Waals surface area (Å²) in [6, 6.07) is 10.1. The first kappa shape index (κ1) is 22.1. The van der Waals surface area contributed by atoms with Gasteiger partial charge in [-0.05, 0) is 37.6 Å². The molecule has 0 radical (unpaired) electrons. The molecule has 4 rings (SSSR count). The highest BCUT2D eigenvalue weighted by atomic mass is 16.5. The third-order valence-corrected chi connectivity index (χ3v) is 6.00. The molecule has 1 aliphatic heterocycles. The normalized spacial score (nSPS) is 16.8. The van der Waals surface area contributed by atoms with Crippen molar-refractivity contribution in [2.24, 2.45) is 0 Å². The van der Waals surface area contributed by atoms with Crippen LogP contribution in [0, 0.1) is 0 Å². The van der Waals surface area contributed by atoms with E-state index < -0.39 is 0 Å². The van der Waals surface area contributed by atoms with Gasteiger partial charge in [0.1, 0.15) is 0 Å². The van der Waals surface area contributed by atoms with Gasteiger partial charge in [-0.2, -0.15) is 5.10 Å². The van der Waals surface area contributed by atoms with E-state index >= 15 is 0 Å². The quantitative estimate of drug-likeness (QED) is 0.584. The van der Waals surface area contributed by atoms with Crippen LogP contribution in [-0.4, -0.2) is 59.4 Å². The third-order valence-electron chi connectivity index (χ3n) is 6.00. The zero-order chi connectivity index (χ0) is 22.5. The number of likely N-dealkylation sites (tertiary alicyclic amines) is 1. The summed E-state index contributed by atoms with van der Waals surface area (Å²) in [5, 5.41) is 8.89. The van der Waals surface area contributed by atoms with E-state index in [0.717, 1.165) is 66.3 Å². The summed E-state index contributed by atoms with van der Waals surface area (Å²) in [5.41, 5.74) is 3.09. The summed E-state index contributed by atoms with van der Waals surface area (Å²) in [7, 11) is 3.35. The Balaban J connectivity index is 1.54. The second-order valence-electron chi connectivity index (χ2n) is 8.19. The molecule has 1 saturated heterocycles. The zero-order valence-electron chi connectivity index (χ0n) is 19.0. The third kappa shape index (κ3) is 4.70. The minimum atomic E-state index is -0.0365. The second-order valence-corrected chi connectivity index (χ2v) is 8.19. The van der Waals surface area contributed by atoms with E-state index in [1.54, 1.807) is 20.4 Å². The molecule has 1 atom stereocenters. The Bertz CT molecular complexity index is 1080. The van der Waals surface area contributed by atoms with Gasteiger partial charge in [0.15, 0.2) is 17.1 Å². The summed E-state index contributed by atoms with van der Waals surface area (Å²) in [5.74, 6) is 1.85. The number of aromatic nitrogens is 3. The number of nitrogens with one attached hydrogen (secondary N) is 1. The van der Waals surface area contributed by atoms with Gasteiger partial charge in [-0.15, -0.1) is 0 Å². The topological polar surface area (TPSA) is 81.5 Å². The maximum atomic E-state index is 11.2. The van der Waals surface area contributed by atoms with Crippen molar-refractivity contribution >= 4 is 16.9 Å². The summed E-state index contributed by atoms with van der Waals surface area (Å²) < 4.78 is 13.0. The van der Waals surface area contributed by atoms with Crippen LogP contribution >= 0.6 is 0 Å². The molecule has 8 nitrogen and oxygen atoms in total. The maximum absolute atomic E-state index is 11.2. The van der Waals surface area contributed by atoms with Gasteiger partial charge in [0, 0.05) is 49.6 Å². The van der Waals surface area contributed by atoms with Gasteiger partial charge in [0.2, 0.25) is 5.91 Å². The summed E-state index contributed by atoms with van der Waals surface area (Å²) >= 11 is 0. The van der Waals surface area contributed by atoms with E-state index in [1.165, 1.54) is 6.92 Å². The Morgan fingerprint density at radius 2 is 2.09 bits per heavy atom. The van der Waals surface area contributed by atoms with E-state index in [-0.39, 0.29) is 5.91 Å². The number of nitrogens with zero attached hydrogens (tertiary/aromatic N) is 4. The summed E-state index contributed by atoms with van der Waals surface area (Å²) in [4.78, 5) is 18.3. The number of piperidine rings is 1. The van der Waals surface area contributed by atoms with Crippen molar-refractivity contribution in [1.82, 2.24) is 25.0 Å². The lowest BCUT2D eigenvalue weighted by Gasteiger charge is -2.32. The monoisotopic (exact) mass is 437 g/mol. The average Bonchev–Trinajstić information content (AvgIpc) is 3.17. The molecular formula is C24H31N5O3. The summed E-state index contributed by atoms with van der Waals surface area (Å²) in [6.07, 6.45) is 4.00. The Morgan fingerprint density at radius 1 is 1.22 bits per heavy atom. The fourth-order valence-electron chi connectivity index (χ4n) is 4.57. The van der Waals surface area contributed by atoms with Gasteiger partial charge < -0.3 is 14.8 Å². The molecule has 3 aromatic rings. The number of para-hydroxylation sites is 1. The van der Waals surface area contributed by atoms with Gasteiger partial charge in [0.25, 0.3) is 0 Å². The lowest BCUT2D eigenvalue weighted by atomic mass is 9.93. The minimum absolute atomic E-state index is 0.0365.